The molecule has 1 aliphatic carbocycles. The Morgan fingerprint density at radius 3 is 2.36 bits per heavy atom. The molecule has 1 heteroatoms. The van der Waals surface area contributed by atoms with E-state index in [1.807, 2.05) is 6.07 Å². The van der Waals surface area contributed by atoms with E-state index in [0.29, 0.717) is 5.38 Å². The number of alkyl halides is 1. The van der Waals surface area contributed by atoms with Gasteiger partial charge in [-0.25, -0.2) is 0 Å². The molecule has 1 radical (unpaired) electrons. The first kappa shape index (κ1) is 7.17. The molecular formula is C10H10Cl. The van der Waals surface area contributed by atoms with Gasteiger partial charge in [0, 0.05) is 11.3 Å². The number of halogens is 1. The Balaban J connectivity index is 2.17. The van der Waals surface area contributed by atoms with Crippen LogP contribution in [-0.4, -0.2) is 5.38 Å². The minimum Gasteiger partial charge on any atom is -0.122 e. The molecule has 1 saturated carbocycles. The highest BCUT2D eigenvalue weighted by Gasteiger charge is 2.30. The lowest BCUT2D eigenvalue weighted by Gasteiger charge is -2.31. The van der Waals surface area contributed by atoms with Crippen LogP contribution in [0.3, 0.4) is 0 Å². The molecule has 0 bridgehead atoms. The summed E-state index contributed by atoms with van der Waals surface area (Å²) in [6.45, 7) is 0. The maximum Gasteiger partial charge on any atom is 0.0442 e. The van der Waals surface area contributed by atoms with Gasteiger partial charge < -0.3 is 0 Å². The topological polar surface area (TPSA) is 0 Å². The normalized spacial score (nSPS) is 24.6. The predicted molar refractivity (Wildman–Crippen MR) is 47.7 cm³/mol. The third-order valence-electron chi connectivity index (χ3n) is 2.19. The Morgan fingerprint density at radius 2 is 1.91 bits per heavy atom. The average Bonchev–Trinajstić information content (AvgIpc) is 2.04. The van der Waals surface area contributed by atoms with Gasteiger partial charge in [-0.3, -0.25) is 0 Å². The zero-order valence-corrected chi connectivity index (χ0v) is 7.01. The first-order valence-corrected chi connectivity index (χ1v) is 4.37. The van der Waals surface area contributed by atoms with Crippen molar-refractivity contribution in [3.63, 3.8) is 0 Å². The van der Waals surface area contributed by atoms with Crippen LogP contribution in [0.4, 0.5) is 0 Å². The van der Waals surface area contributed by atoms with Crippen LogP contribution in [0.1, 0.15) is 18.4 Å². The van der Waals surface area contributed by atoms with E-state index in [0.717, 1.165) is 6.42 Å². The SMILES string of the molecule is ClC1CC[C]1c1ccccc1. The van der Waals surface area contributed by atoms with E-state index in [-0.39, 0.29) is 0 Å². The lowest BCUT2D eigenvalue weighted by Crippen LogP contribution is -2.24. The van der Waals surface area contributed by atoms with E-state index in [1.54, 1.807) is 0 Å². The Labute approximate surface area is 72.2 Å². The number of benzene rings is 1. The highest BCUT2D eigenvalue weighted by Crippen LogP contribution is 2.39. The van der Waals surface area contributed by atoms with Gasteiger partial charge in [0.05, 0.1) is 0 Å². The third-order valence-corrected chi connectivity index (χ3v) is 2.67. The summed E-state index contributed by atoms with van der Waals surface area (Å²) in [7, 11) is 0. The van der Waals surface area contributed by atoms with Crippen LogP contribution in [0.15, 0.2) is 30.3 Å². The highest BCUT2D eigenvalue weighted by atomic mass is 35.5. The molecule has 0 heterocycles. The molecule has 1 aromatic rings. The molecule has 11 heavy (non-hydrogen) atoms. The monoisotopic (exact) mass is 165 g/mol. The third kappa shape index (κ3) is 1.28. The summed E-state index contributed by atoms with van der Waals surface area (Å²) in [5.74, 6) is 1.41. The quantitative estimate of drug-likeness (QED) is 0.562. The van der Waals surface area contributed by atoms with Gasteiger partial charge in [0.15, 0.2) is 0 Å². The lowest BCUT2D eigenvalue weighted by molar-refractivity contribution is 0.587. The summed E-state index contributed by atoms with van der Waals surface area (Å²) >= 11 is 6.01. The van der Waals surface area contributed by atoms with Gasteiger partial charge in [-0.15, -0.1) is 11.6 Å². The Kier molecular flexibility index (Phi) is 1.87. The first-order valence-electron chi connectivity index (χ1n) is 3.93. The molecule has 1 unspecified atom stereocenters. The summed E-state index contributed by atoms with van der Waals surface area (Å²) in [5, 5.41) is 0.303. The van der Waals surface area contributed by atoms with Crippen molar-refractivity contribution < 1.29 is 0 Å². The summed E-state index contributed by atoms with van der Waals surface area (Å²) in [6, 6.07) is 10.4. The van der Waals surface area contributed by atoms with Crippen LogP contribution in [0.5, 0.6) is 0 Å². The molecule has 1 aromatic carbocycles. The van der Waals surface area contributed by atoms with Gasteiger partial charge in [-0.1, -0.05) is 30.3 Å². The van der Waals surface area contributed by atoms with Crippen LogP contribution in [0.2, 0.25) is 0 Å². The second kappa shape index (κ2) is 2.86. The van der Waals surface area contributed by atoms with Gasteiger partial charge in [0.2, 0.25) is 0 Å². The molecule has 0 aliphatic heterocycles. The van der Waals surface area contributed by atoms with Crippen LogP contribution in [-0.2, 0) is 0 Å². The minimum absolute atomic E-state index is 0.303. The van der Waals surface area contributed by atoms with Crippen molar-refractivity contribution in [2.24, 2.45) is 0 Å². The van der Waals surface area contributed by atoms with Crippen LogP contribution in [0.25, 0.3) is 0 Å². The van der Waals surface area contributed by atoms with Gasteiger partial charge >= 0.3 is 0 Å². The fourth-order valence-corrected chi connectivity index (χ4v) is 1.72. The van der Waals surface area contributed by atoms with E-state index < -0.39 is 0 Å². The standard InChI is InChI=1S/C10H10Cl/c11-10-7-6-9(10)8-4-2-1-3-5-8/h1-5,10H,6-7H2. The maximum absolute atomic E-state index is 6.01. The number of hydrogen-bond acceptors (Lipinski definition) is 0. The fourth-order valence-electron chi connectivity index (χ4n) is 1.38. The van der Waals surface area contributed by atoms with E-state index in [4.69, 9.17) is 11.6 Å². The molecule has 1 fully saturated rings. The summed E-state index contributed by atoms with van der Waals surface area (Å²) in [4.78, 5) is 0. The zero-order valence-electron chi connectivity index (χ0n) is 6.26. The van der Waals surface area contributed by atoms with E-state index in [9.17, 15) is 0 Å². The Morgan fingerprint density at radius 1 is 1.18 bits per heavy atom. The molecule has 0 nitrogen and oxygen atoms in total. The van der Waals surface area contributed by atoms with Gasteiger partial charge in [-0.05, 0) is 18.4 Å². The summed E-state index contributed by atoms with van der Waals surface area (Å²) < 4.78 is 0. The summed E-state index contributed by atoms with van der Waals surface area (Å²) in [5.41, 5.74) is 1.32. The fraction of sp³-hybridized carbons (Fsp3) is 0.300. The molecule has 1 aliphatic rings. The first-order chi connectivity index (χ1) is 5.38. The molecule has 57 valence electrons. The molecule has 0 spiro atoms. The van der Waals surface area contributed by atoms with Crippen molar-refractivity contribution in [1.29, 1.82) is 0 Å². The predicted octanol–water partition coefficient (Wildman–Crippen LogP) is 3.01. The van der Waals surface area contributed by atoms with E-state index in [2.05, 4.69) is 24.3 Å². The largest absolute Gasteiger partial charge is 0.122 e. The van der Waals surface area contributed by atoms with Crippen LogP contribution < -0.4 is 0 Å². The smallest absolute Gasteiger partial charge is 0.0442 e. The second-order valence-corrected chi connectivity index (χ2v) is 3.42. The molecule has 1 atom stereocenters. The van der Waals surface area contributed by atoms with E-state index >= 15 is 0 Å². The highest BCUT2D eigenvalue weighted by molar-refractivity contribution is 6.23. The molecular weight excluding hydrogens is 156 g/mol. The average molecular weight is 166 g/mol. The maximum atomic E-state index is 6.01. The van der Waals surface area contributed by atoms with Crippen LogP contribution >= 0.6 is 11.6 Å². The van der Waals surface area contributed by atoms with Crippen molar-refractivity contribution in [2.45, 2.75) is 18.2 Å². The number of hydrogen-bond donors (Lipinski definition) is 0. The van der Waals surface area contributed by atoms with Crippen molar-refractivity contribution in [3.05, 3.63) is 41.8 Å². The summed E-state index contributed by atoms with van der Waals surface area (Å²) in [6.07, 6.45) is 2.32. The Bertz CT molecular complexity index is 230. The van der Waals surface area contributed by atoms with E-state index in [1.165, 1.54) is 17.9 Å². The molecule has 0 amide bonds. The van der Waals surface area contributed by atoms with Gasteiger partial charge in [0.1, 0.15) is 0 Å². The molecule has 0 saturated heterocycles. The molecule has 0 N–H and O–H groups in total. The van der Waals surface area contributed by atoms with Gasteiger partial charge in [-0.2, -0.15) is 0 Å². The van der Waals surface area contributed by atoms with Crippen molar-refractivity contribution in [3.8, 4) is 0 Å². The Hall–Kier alpha value is -0.490. The van der Waals surface area contributed by atoms with Crippen LogP contribution in [0, 0.1) is 5.92 Å². The lowest BCUT2D eigenvalue weighted by atomic mass is 9.79. The van der Waals surface area contributed by atoms with Crippen molar-refractivity contribution in [2.75, 3.05) is 0 Å². The zero-order chi connectivity index (χ0) is 7.68. The second-order valence-electron chi connectivity index (χ2n) is 2.90. The van der Waals surface area contributed by atoms with Crippen molar-refractivity contribution >= 4 is 11.6 Å². The molecule has 0 aromatic heterocycles. The molecule has 2 rings (SSSR count). The number of rotatable bonds is 1. The van der Waals surface area contributed by atoms with Gasteiger partial charge in [0.25, 0.3) is 0 Å². The van der Waals surface area contributed by atoms with Crippen molar-refractivity contribution in [1.82, 2.24) is 0 Å². The minimum atomic E-state index is 0.303.